The monoisotopic (exact) mass is 546 g/mol. The van der Waals surface area contributed by atoms with E-state index in [1.54, 1.807) is 42.5 Å². The number of hydrogen-bond donors (Lipinski definition) is 1. The first-order valence-electron chi connectivity index (χ1n) is 13.1. The molecule has 2 atom stereocenters. The largest absolute Gasteiger partial charge is 0.438 e. The van der Waals surface area contributed by atoms with Crippen LogP contribution in [0.15, 0.2) is 78.9 Å². The van der Waals surface area contributed by atoms with Crippen molar-refractivity contribution in [3.8, 4) is 0 Å². The maximum Gasteiger partial charge on any atom is 0.411 e. The molecule has 2 aliphatic heterocycles. The second kappa shape index (κ2) is 11.9. The lowest BCUT2D eigenvalue weighted by atomic mass is 9.99. The number of anilines is 1. The lowest BCUT2D eigenvalue weighted by Crippen LogP contribution is -2.54. The van der Waals surface area contributed by atoms with Gasteiger partial charge < -0.3 is 19.9 Å². The Hall–Kier alpha value is -3.88. The summed E-state index contributed by atoms with van der Waals surface area (Å²) >= 11 is 6.04. The van der Waals surface area contributed by atoms with Crippen molar-refractivity contribution in [2.45, 2.75) is 25.6 Å². The van der Waals surface area contributed by atoms with E-state index in [1.807, 2.05) is 41.3 Å². The van der Waals surface area contributed by atoms with Crippen molar-refractivity contribution in [3.63, 3.8) is 0 Å². The Bertz CT molecular complexity index is 1340. The summed E-state index contributed by atoms with van der Waals surface area (Å²) in [5.41, 5.74) is 2.49. The number of nitrogens with zero attached hydrogens (tertiary/aromatic N) is 3. The standard InChI is InChI=1S/C30H31ClN4O4/c1-2-33-14-16-34(17-15-33)29(37)26-27(39-30(38)35(26)20-21-8-4-3-5-9-21)22-10-7-13-25(19-22)32-28(36)23-11-6-12-24(31)18-23/h3-13,18-19,26-27H,2,14-17,20H2,1H3,(H,32,36). The molecule has 2 fully saturated rings. The van der Waals surface area contributed by atoms with E-state index in [0.29, 0.717) is 34.9 Å². The summed E-state index contributed by atoms with van der Waals surface area (Å²) in [4.78, 5) is 45.6. The molecule has 2 unspecified atom stereocenters. The van der Waals surface area contributed by atoms with Gasteiger partial charge in [-0.2, -0.15) is 0 Å². The molecule has 5 rings (SSSR count). The van der Waals surface area contributed by atoms with E-state index in [9.17, 15) is 14.4 Å². The normalized spacial score (nSPS) is 19.6. The van der Waals surface area contributed by atoms with Crippen molar-refractivity contribution in [3.05, 3.63) is 101 Å². The van der Waals surface area contributed by atoms with Gasteiger partial charge in [-0.15, -0.1) is 0 Å². The summed E-state index contributed by atoms with van der Waals surface area (Å²) in [6.07, 6.45) is -1.36. The van der Waals surface area contributed by atoms with Crippen LogP contribution in [-0.4, -0.2) is 71.4 Å². The summed E-state index contributed by atoms with van der Waals surface area (Å²) in [5.74, 6) is -0.448. The quantitative estimate of drug-likeness (QED) is 0.459. The molecule has 0 aliphatic carbocycles. The number of carbonyl (C=O) groups excluding carboxylic acids is 3. The molecule has 9 heteroatoms. The van der Waals surface area contributed by atoms with Crippen LogP contribution in [0.4, 0.5) is 10.5 Å². The van der Waals surface area contributed by atoms with Crippen LogP contribution < -0.4 is 5.32 Å². The third-order valence-corrected chi connectivity index (χ3v) is 7.46. The number of nitrogens with one attached hydrogen (secondary N) is 1. The highest BCUT2D eigenvalue weighted by atomic mass is 35.5. The molecule has 202 valence electrons. The van der Waals surface area contributed by atoms with E-state index in [1.165, 1.54) is 4.90 Å². The lowest BCUT2D eigenvalue weighted by Gasteiger charge is -2.37. The van der Waals surface area contributed by atoms with Crippen molar-refractivity contribution in [1.29, 1.82) is 0 Å². The van der Waals surface area contributed by atoms with Crippen LogP contribution in [0.5, 0.6) is 0 Å². The number of likely N-dealkylation sites (N-methyl/N-ethyl adjacent to an activating group) is 1. The zero-order valence-corrected chi connectivity index (χ0v) is 22.5. The molecule has 2 aliphatic rings. The second-order valence-corrected chi connectivity index (χ2v) is 10.1. The summed E-state index contributed by atoms with van der Waals surface area (Å²) in [7, 11) is 0. The van der Waals surface area contributed by atoms with Crippen LogP contribution in [0.1, 0.15) is 34.5 Å². The molecule has 3 aromatic carbocycles. The topological polar surface area (TPSA) is 82.2 Å². The van der Waals surface area contributed by atoms with Gasteiger partial charge in [0.15, 0.2) is 12.1 Å². The smallest absolute Gasteiger partial charge is 0.411 e. The van der Waals surface area contributed by atoms with E-state index >= 15 is 0 Å². The minimum atomic E-state index is -0.829. The third-order valence-electron chi connectivity index (χ3n) is 7.22. The molecule has 0 spiro atoms. The van der Waals surface area contributed by atoms with Gasteiger partial charge in [-0.25, -0.2) is 4.79 Å². The maximum atomic E-state index is 14.0. The van der Waals surface area contributed by atoms with Crippen LogP contribution in [0.2, 0.25) is 5.02 Å². The van der Waals surface area contributed by atoms with E-state index < -0.39 is 18.2 Å². The van der Waals surface area contributed by atoms with Crippen molar-refractivity contribution in [2.24, 2.45) is 0 Å². The van der Waals surface area contributed by atoms with E-state index in [0.717, 1.165) is 25.2 Å². The van der Waals surface area contributed by atoms with Gasteiger partial charge in [-0.05, 0) is 48.0 Å². The molecule has 2 heterocycles. The van der Waals surface area contributed by atoms with Crippen LogP contribution >= 0.6 is 11.6 Å². The summed E-state index contributed by atoms with van der Waals surface area (Å²) in [5, 5.41) is 3.34. The Morgan fingerprint density at radius 3 is 2.41 bits per heavy atom. The second-order valence-electron chi connectivity index (χ2n) is 9.71. The highest BCUT2D eigenvalue weighted by Gasteiger charge is 2.48. The Kier molecular flexibility index (Phi) is 8.14. The summed E-state index contributed by atoms with van der Waals surface area (Å²) in [6, 6.07) is 22.5. The first kappa shape index (κ1) is 26.7. The average molecular weight is 547 g/mol. The molecular weight excluding hydrogens is 516 g/mol. The summed E-state index contributed by atoms with van der Waals surface area (Å²) in [6.45, 7) is 6.07. The fraction of sp³-hybridized carbons (Fsp3) is 0.300. The van der Waals surface area contributed by atoms with Crippen LogP contribution in [-0.2, 0) is 16.1 Å². The van der Waals surface area contributed by atoms with Gasteiger partial charge in [0, 0.05) is 42.5 Å². The highest BCUT2D eigenvalue weighted by molar-refractivity contribution is 6.31. The molecule has 8 nitrogen and oxygen atoms in total. The maximum absolute atomic E-state index is 14.0. The van der Waals surface area contributed by atoms with E-state index in [-0.39, 0.29) is 18.4 Å². The number of amides is 3. The third kappa shape index (κ3) is 6.08. The Balaban J connectivity index is 1.41. The SMILES string of the molecule is CCN1CCN(C(=O)C2C(c3cccc(NC(=O)c4cccc(Cl)c4)c3)OC(=O)N2Cc2ccccc2)CC1. The van der Waals surface area contributed by atoms with Crippen LogP contribution in [0, 0.1) is 0 Å². The molecule has 3 amide bonds. The number of carbonyl (C=O) groups is 3. The number of hydrogen-bond acceptors (Lipinski definition) is 5. The Morgan fingerprint density at radius 1 is 0.949 bits per heavy atom. The average Bonchev–Trinajstić information content (AvgIpc) is 3.29. The van der Waals surface area contributed by atoms with Crippen LogP contribution in [0.25, 0.3) is 0 Å². The molecule has 0 saturated carbocycles. The minimum Gasteiger partial charge on any atom is -0.438 e. The van der Waals surface area contributed by atoms with E-state index in [4.69, 9.17) is 16.3 Å². The van der Waals surface area contributed by atoms with Gasteiger partial charge in [-0.1, -0.05) is 67.1 Å². The van der Waals surface area contributed by atoms with Gasteiger partial charge in [0.25, 0.3) is 5.91 Å². The fourth-order valence-electron chi connectivity index (χ4n) is 5.07. The summed E-state index contributed by atoms with van der Waals surface area (Å²) < 4.78 is 5.86. The molecule has 3 aromatic rings. The first-order valence-corrected chi connectivity index (χ1v) is 13.5. The molecule has 0 radical (unpaired) electrons. The van der Waals surface area contributed by atoms with Gasteiger partial charge >= 0.3 is 6.09 Å². The van der Waals surface area contributed by atoms with Crippen molar-refractivity contribution >= 4 is 35.2 Å². The predicted octanol–water partition coefficient (Wildman–Crippen LogP) is 4.82. The fourth-order valence-corrected chi connectivity index (χ4v) is 5.26. The van der Waals surface area contributed by atoms with Crippen LogP contribution in [0.3, 0.4) is 0 Å². The molecule has 0 aromatic heterocycles. The van der Waals surface area contributed by atoms with Crippen molar-refractivity contribution in [2.75, 3.05) is 38.0 Å². The number of halogens is 1. The molecule has 39 heavy (non-hydrogen) atoms. The van der Waals surface area contributed by atoms with Gasteiger partial charge in [0.1, 0.15) is 0 Å². The zero-order chi connectivity index (χ0) is 27.4. The number of cyclic esters (lactones) is 1. The Labute approximate surface area is 233 Å². The number of piperazine rings is 1. The highest BCUT2D eigenvalue weighted by Crippen LogP contribution is 2.36. The van der Waals surface area contributed by atoms with Gasteiger partial charge in [0.05, 0.1) is 6.54 Å². The number of ether oxygens (including phenoxy) is 1. The van der Waals surface area contributed by atoms with Crippen molar-refractivity contribution < 1.29 is 19.1 Å². The predicted molar refractivity (Wildman–Crippen MR) is 150 cm³/mol. The Morgan fingerprint density at radius 2 is 1.69 bits per heavy atom. The zero-order valence-electron chi connectivity index (χ0n) is 21.8. The van der Waals surface area contributed by atoms with Crippen molar-refractivity contribution in [1.82, 2.24) is 14.7 Å². The molecule has 2 saturated heterocycles. The molecule has 0 bridgehead atoms. The first-order chi connectivity index (χ1) is 18.9. The minimum absolute atomic E-state index is 0.133. The van der Waals surface area contributed by atoms with Gasteiger partial charge in [-0.3, -0.25) is 14.5 Å². The lowest BCUT2D eigenvalue weighted by molar-refractivity contribution is -0.138. The van der Waals surface area contributed by atoms with Gasteiger partial charge in [0.2, 0.25) is 5.91 Å². The number of rotatable bonds is 7. The number of benzene rings is 3. The van der Waals surface area contributed by atoms with E-state index in [2.05, 4.69) is 17.1 Å². The molecular formula is C30H31ClN4O4. The molecule has 1 N–H and O–H groups in total.